The van der Waals surface area contributed by atoms with Gasteiger partial charge in [0.1, 0.15) is 0 Å². The molecular formula is C18H28N3O2+. The molecule has 1 aliphatic carbocycles. The zero-order valence-corrected chi connectivity index (χ0v) is 14.5. The lowest BCUT2D eigenvalue weighted by Gasteiger charge is -2.26. The molecule has 0 aliphatic heterocycles. The van der Waals surface area contributed by atoms with Gasteiger partial charge in [-0.2, -0.15) is 0 Å². The van der Waals surface area contributed by atoms with Gasteiger partial charge >= 0.3 is 0 Å². The summed E-state index contributed by atoms with van der Waals surface area (Å²) in [4.78, 5) is 25.7. The summed E-state index contributed by atoms with van der Waals surface area (Å²) < 4.78 is 0. The summed E-state index contributed by atoms with van der Waals surface area (Å²) in [5.74, 6) is -0.0464. The van der Waals surface area contributed by atoms with Gasteiger partial charge < -0.3 is 15.5 Å². The van der Waals surface area contributed by atoms with E-state index in [1.807, 2.05) is 58.2 Å². The monoisotopic (exact) mass is 318 g/mol. The number of hydrogen-bond donors (Lipinski definition) is 3. The Morgan fingerprint density at radius 1 is 1.22 bits per heavy atom. The van der Waals surface area contributed by atoms with Crippen LogP contribution in [0.5, 0.6) is 0 Å². The van der Waals surface area contributed by atoms with E-state index in [9.17, 15) is 9.59 Å². The zero-order chi connectivity index (χ0) is 17.0. The third-order valence-electron chi connectivity index (χ3n) is 3.77. The summed E-state index contributed by atoms with van der Waals surface area (Å²) in [6, 6.07) is 9.61. The molecule has 5 nitrogen and oxygen atoms in total. The maximum Gasteiger partial charge on any atom is 0.283 e. The second kappa shape index (κ2) is 7.13. The van der Waals surface area contributed by atoms with E-state index >= 15 is 0 Å². The number of hydrogen-bond acceptors (Lipinski definition) is 2. The Morgan fingerprint density at radius 3 is 2.35 bits per heavy atom. The quantitative estimate of drug-likeness (QED) is 0.712. The first-order chi connectivity index (χ1) is 10.8. The van der Waals surface area contributed by atoms with Crippen molar-refractivity contribution < 1.29 is 14.5 Å². The lowest BCUT2D eigenvalue weighted by molar-refractivity contribution is -0.894. The molecule has 5 heteroatoms. The van der Waals surface area contributed by atoms with E-state index in [1.165, 1.54) is 0 Å². The van der Waals surface area contributed by atoms with Crippen molar-refractivity contribution in [3.05, 3.63) is 35.9 Å². The van der Waals surface area contributed by atoms with Crippen LogP contribution in [0.3, 0.4) is 0 Å². The summed E-state index contributed by atoms with van der Waals surface area (Å²) in [5, 5.41) is 6.02. The predicted octanol–water partition coefficient (Wildman–Crippen LogP) is 0.436. The van der Waals surface area contributed by atoms with Gasteiger partial charge in [0.05, 0.1) is 7.05 Å². The standard InChI is InChI=1S/C18H27N3O2/c1-18(2,3)20-15(22)12-21(4)16(13-8-6-5-7-9-13)17(23)19-14-10-11-14/h5-9,14,16H,10-12H2,1-4H3,(H,19,23)(H,20,22)/p+1/t16-/m0/s1. The van der Waals surface area contributed by atoms with Crippen LogP contribution >= 0.6 is 0 Å². The molecule has 126 valence electrons. The zero-order valence-electron chi connectivity index (χ0n) is 14.5. The van der Waals surface area contributed by atoms with Crippen molar-refractivity contribution in [3.63, 3.8) is 0 Å². The number of amides is 2. The van der Waals surface area contributed by atoms with E-state index < -0.39 is 0 Å². The molecule has 0 spiro atoms. The van der Waals surface area contributed by atoms with Gasteiger partial charge in [-0.05, 0) is 33.6 Å². The lowest BCUT2D eigenvalue weighted by Crippen LogP contribution is -3.11. The first-order valence-corrected chi connectivity index (χ1v) is 8.25. The molecule has 3 N–H and O–H groups in total. The van der Waals surface area contributed by atoms with Crippen LogP contribution in [0.15, 0.2) is 30.3 Å². The summed E-state index contributed by atoms with van der Waals surface area (Å²) >= 11 is 0. The van der Waals surface area contributed by atoms with Crippen LogP contribution in [0.1, 0.15) is 45.2 Å². The van der Waals surface area contributed by atoms with Crippen LogP contribution in [-0.2, 0) is 9.59 Å². The molecular weight excluding hydrogens is 290 g/mol. The summed E-state index contributed by atoms with van der Waals surface area (Å²) in [6.07, 6.45) is 2.10. The molecule has 0 radical (unpaired) electrons. The van der Waals surface area contributed by atoms with Crippen LogP contribution in [0.25, 0.3) is 0 Å². The van der Waals surface area contributed by atoms with E-state index in [2.05, 4.69) is 10.6 Å². The molecule has 0 heterocycles. The van der Waals surface area contributed by atoms with E-state index in [1.54, 1.807) is 0 Å². The number of nitrogens with one attached hydrogen (secondary N) is 3. The van der Waals surface area contributed by atoms with Gasteiger partial charge in [-0.1, -0.05) is 30.3 Å². The average molecular weight is 318 g/mol. The minimum atomic E-state index is -0.373. The summed E-state index contributed by atoms with van der Waals surface area (Å²) in [7, 11) is 1.90. The van der Waals surface area contributed by atoms with Crippen LogP contribution in [-0.4, -0.2) is 37.0 Å². The maximum atomic E-state index is 12.6. The molecule has 2 rings (SSSR count). The molecule has 1 fully saturated rings. The van der Waals surface area contributed by atoms with Crippen LogP contribution in [0, 0.1) is 0 Å². The van der Waals surface area contributed by atoms with Gasteiger partial charge in [-0.3, -0.25) is 9.59 Å². The van der Waals surface area contributed by atoms with Crippen molar-refractivity contribution in [2.24, 2.45) is 0 Å². The minimum absolute atomic E-state index is 0.000223. The fourth-order valence-electron chi connectivity index (χ4n) is 2.64. The molecule has 1 saturated carbocycles. The molecule has 1 aromatic rings. The molecule has 0 saturated heterocycles. The number of likely N-dealkylation sites (N-methyl/N-ethyl adjacent to an activating group) is 1. The summed E-state index contributed by atoms with van der Waals surface area (Å²) in [5.41, 5.74) is 0.669. The Labute approximate surface area is 138 Å². The largest absolute Gasteiger partial charge is 0.348 e. The van der Waals surface area contributed by atoms with Gasteiger partial charge in [-0.25, -0.2) is 0 Å². The molecule has 1 unspecified atom stereocenters. The Morgan fingerprint density at radius 2 is 1.83 bits per heavy atom. The number of benzene rings is 1. The molecule has 1 aliphatic rings. The van der Waals surface area contributed by atoms with Crippen molar-refractivity contribution in [1.82, 2.24) is 10.6 Å². The number of quaternary nitrogens is 1. The molecule has 0 bridgehead atoms. The second-order valence-corrected chi connectivity index (χ2v) is 7.45. The lowest BCUT2D eigenvalue weighted by atomic mass is 10.0. The molecule has 2 atom stereocenters. The van der Waals surface area contributed by atoms with Crippen molar-refractivity contribution in [2.75, 3.05) is 13.6 Å². The van der Waals surface area contributed by atoms with E-state index in [-0.39, 0.29) is 29.9 Å². The predicted molar refractivity (Wildman–Crippen MR) is 90.0 cm³/mol. The van der Waals surface area contributed by atoms with Crippen LogP contribution in [0.4, 0.5) is 0 Å². The number of rotatable bonds is 6. The fraction of sp³-hybridized carbons (Fsp3) is 0.556. The van der Waals surface area contributed by atoms with Gasteiger partial charge in [-0.15, -0.1) is 0 Å². The Kier molecular flexibility index (Phi) is 5.42. The average Bonchev–Trinajstić information content (AvgIpc) is 3.21. The topological polar surface area (TPSA) is 62.6 Å². The Balaban J connectivity index is 2.09. The smallest absolute Gasteiger partial charge is 0.283 e. The summed E-state index contributed by atoms with van der Waals surface area (Å²) in [6.45, 7) is 6.12. The first-order valence-electron chi connectivity index (χ1n) is 8.25. The second-order valence-electron chi connectivity index (χ2n) is 7.45. The van der Waals surface area contributed by atoms with E-state index in [4.69, 9.17) is 0 Å². The van der Waals surface area contributed by atoms with Crippen molar-refractivity contribution in [1.29, 1.82) is 0 Å². The SMILES string of the molecule is C[NH+](CC(=O)NC(C)(C)C)[C@H](C(=O)NC1CC1)c1ccccc1. The van der Waals surface area contributed by atoms with Crippen molar-refractivity contribution in [3.8, 4) is 0 Å². The maximum absolute atomic E-state index is 12.6. The highest BCUT2D eigenvalue weighted by atomic mass is 16.2. The number of carbonyl (C=O) groups excluding carboxylic acids is 2. The normalized spacial score (nSPS) is 17.2. The minimum Gasteiger partial charge on any atom is -0.348 e. The molecule has 2 amide bonds. The van der Waals surface area contributed by atoms with Crippen LogP contribution < -0.4 is 15.5 Å². The van der Waals surface area contributed by atoms with Gasteiger partial charge in [0.2, 0.25) is 0 Å². The van der Waals surface area contributed by atoms with Gasteiger partial charge in [0.15, 0.2) is 12.6 Å². The Hall–Kier alpha value is -1.88. The van der Waals surface area contributed by atoms with Gasteiger partial charge in [0.25, 0.3) is 11.8 Å². The highest BCUT2D eigenvalue weighted by molar-refractivity contribution is 5.83. The fourth-order valence-corrected chi connectivity index (χ4v) is 2.64. The van der Waals surface area contributed by atoms with Crippen LogP contribution in [0.2, 0.25) is 0 Å². The highest BCUT2D eigenvalue weighted by Crippen LogP contribution is 2.20. The third kappa shape index (κ3) is 5.67. The van der Waals surface area contributed by atoms with Gasteiger partial charge in [0, 0.05) is 17.1 Å². The highest BCUT2D eigenvalue weighted by Gasteiger charge is 2.34. The van der Waals surface area contributed by atoms with Crippen molar-refractivity contribution >= 4 is 11.8 Å². The van der Waals surface area contributed by atoms with E-state index in [0.29, 0.717) is 6.04 Å². The first kappa shape index (κ1) is 17.5. The van der Waals surface area contributed by atoms with Crippen molar-refractivity contribution in [2.45, 2.75) is 51.2 Å². The molecule has 1 aromatic carbocycles. The molecule has 23 heavy (non-hydrogen) atoms. The number of carbonyl (C=O) groups is 2. The van der Waals surface area contributed by atoms with E-state index in [0.717, 1.165) is 23.3 Å². The third-order valence-corrected chi connectivity index (χ3v) is 3.77. The molecule has 0 aromatic heterocycles. The Bertz CT molecular complexity index is 547.